The smallest absolute Gasteiger partial charge is 0.354 e. The van der Waals surface area contributed by atoms with Crippen LogP contribution in [0.15, 0.2) is 47.6 Å². The van der Waals surface area contributed by atoms with E-state index in [0.717, 1.165) is 28.1 Å². The minimum atomic E-state index is -0.381. The Balaban J connectivity index is 1.92. The Labute approximate surface area is 134 Å². The highest BCUT2D eigenvalue weighted by atomic mass is 16.5. The molecule has 0 spiro atoms. The molecule has 3 rings (SSSR count). The lowest BCUT2D eigenvalue weighted by Gasteiger charge is -2.18. The van der Waals surface area contributed by atoms with E-state index >= 15 is 0 Å². The van der Waals surface area contributed by atoms with E-state index in [1.807, 2.05) is 42.5 Å². The fraction of sp³-hybridized carbons (Fsp3) is 0.222. The van der Waals surface area contributed by atoms with Crippen LogP contribution in [0.1, 0.15) is 12.5 Å². The van der Waals surface area contributed by atoms with Crippen LogP contribution < -0.4 is 10.2 Å². The molecule has 23 heavy (non-hydrogen) atoms. The molecular formula is C18H18N2O3. The van der Waals surface area contributed by atoms with Gasteiger partial charge in [0.15, 0.2) is 0 Å². The van der Waals surface area contributed by atoms with Gasteiger partial charge in [-0.3, -0.25) is 5.43 Å². The van der Waals surface area contributed by atoms with Crippen LogP contribution in [0.4, 0.5) is 5.69 Å². The number of fused-ring (bicyclic) bond motifs is 1. The van der Waals surface area contributed by atoms with E-state index < -0.39 is 0 Å². The van der Waals surface area contributed by atoms with Crippen molar-refractivity contribution in [2.45, 2.75) is 13.3 Å². The molecule has 1 aliphatic rings. The Morgan fingerprint density at radius 3 is 2.87 bits per heavy atom. The Bertz CT molecular complexity index is 769. The zero-order valence-corrected chi connectivity index (χ0v) is 13.1. The van der Waals surface area contributed by atoms with Gasteiger partial charge in [0.1, 0.15) is 11.5 Å². The normalized spacial score (nSPS) is 12.7. The lowest BCUT2D eigenvalue weighted by Crippen LogP contribution is -2.24. The number of nitrogens with one attached hydrogen (secondary N) is 1. The van der Waals surface area contributed by atoms with E-state index in [1.54, 1.807) is 14.0 Å². The Hall–Kier alpha value is -2.82. The molecule has 2 aromatic carbocycles. The molecule has 0 saturated heterocycles. The van der Waals surface area contributed by atoms with Crippen LogP contribution in [0, 0.1) is 0 Å². The van der Waals surface area contributed by atoms with Gasteiger partial charge in [0.25, 0.3) is 0 Å². The minimum Gasteiger partial charge on any atom is -0.496 e. The molecule has 0 saturated carbocycles. The molecule has 1 N–H and O–H groups in total. The van der Waals surface area contributed by atoms with Gasteiger partial charge in [-0.05, 0) is 36.2 Å². The molecule has 1 aliphatic heterocycles. The Morgan fingerprint density at radius 1 is 1.26 bits per heavy atom. The number of rotatable bonds is 4. The molecule has 0 unspecified atom stereocenters. The molecule has 0 amide bonds. The molecule has 0 fully saturated rings. The zero-order chi connectivity index (χ0) is 16.2. The molecule has 0 atom stereocenters. The van der Waals surface area contributed by atoms with Crippen molar-refractivity contribution in [1.29, 1.82) is 0 Å². The zero-order valence-electron chi connectivity index (χ0n) is 13.1. The summed E-state index contributed by atoms with van der Waals surface area (Å²) < 4.78 is 10.4. The van der Waals surface area contributed by atoms with Crippen LogP contribution in [-0.4, -0.2) is 25.4 Å². The van der Waals surface area contributed by atoms with Gasteiger partial charge >= 0.3 is 5.97 Å². The highest BCUT2D eigenvalue weighted by Gasteiger charge is 2.20. The molecule has 0 aromatic heterocycles. The van der Waals surface area contributed by atoms with Crippen molar-refractivity contribution in [3.8, 4) is 16.9 Å². The van der Waals surface area contributed by atoms with Gasteiger partial charge in [0.2, 0.25) is 0 Å². The number of para-hydroxylation sites is 1. The van der Waals surface area contributed by atoms with Gasteiger partial charge in [-0.1, -0.05) is 24.3 Å². The largest absolute Gasteiger partial charge is 0.496 e. The van der Waals surface area contributed by atoms with E-state index in [4.69, 9.17) is 9.47 Å². The summed E-state index contributed by atoms with van der Waals surface area (Å²) in [4.78, 5) is 11.9. The molecule has 118 valence electrons. The molecule has 2 aromatic rings. The van der Waals surface area contributed by atoms with E-state index in [-0.39, 0.29) is 5.97 Å². The summed E-state index contributed by atoms with van der Waals surface area (Å²) in [5.41, 5.74) is 7.25. The molecular weight excluding hydrogens is 292 g/mol. The third kappa shape index (κ3) is 3.04. The van der Waals surface area contributed by atoms with Crippen molar-refractivity contribution >= 4 is 17.4 Å². The van der Waals surface area contributed by atoms with E-state index in [1.165, 1.54) is 0 Å². The van der Waals surface area contributed by atoms with Gasteiger partial charge in [-0.15, -0.1) is 0 Å². The van der Waals surface area contributed by atoms with Gasteiger partial charge in [0, 0.05) is 12.0 Å². The summed E-state index contributed by atoms with van der Waals surface area (Å²) in [7, 11) is 1.66. The summed E-state index contributed by atoms with van der Waals surface area (Å²) in [6.45, 7) is 2.12. The second-order valence-electron chi connectivity index (χ2n) is 5.14. The molecule has 5 nitrogen and oxygen atoms in total. The minimum absolute atomic E-state index is 0.339. The number of carbonyl (C=O) groups excluding carboxylic acids is 1. The lowest BCUT2D eigenvalue weighted by atomic mass is 9.97. The molecule has 5 heteroatoms. The number of benzene rings is 2. The number of hydrazone groups is 1. The number of hydrogen-bond acceptors (Lipinski definition) is 5. The third-order valence-corrected chi connectivity index (χ3v) is 3.70. The first-order valence-electron chi connectivity index (χ1n) is 7.49. The topological polar surface area (TPSA) is 59.9 Å². The predicted molar refractivity (Wildman–Crippen MR) is 89.8 cm³/mol. The van der Waals surface area contributed by atoms with Crippen molar-refractivity contribution in [1.82, 2.24) is 0 Å². The Kier molecular flexibility index (Phi) is 4.28. The average molecular weight is 310 g/mol. The average Bonchev–Trinajstić information content (AvgIpc) is 2.61. The van der Waals surface area contributed by atoms with Gasteiger partial charge < -0.3 is 9.47 Å². The van der Waals surface area contributed by atoms with Gasteiger partial charge in [-0.2, -0.15) is 5.10 Å². The lowest BCUT2D eigenvalue weighted by molar-refractivity contribution is -0.135. The van der Waals surface area contributed by atoms with E-state index in [9.17, 15) is 4.79 Å². The molecule has 0 bridgehead atoms. The van der Waals surface area contributed by atoms with Crippen molar-refractivity contribution in [2.24, 2.45) is 5.10 Å². The summed E-state index contributed by atoms with van der Waals surface area (Å²) in [6.07, 6.45) is 0.449. The second-order valence-corrected chi connectivity index (χ2v) is 5.14. The van der Waals surface area contributed by atoms with Crippen LogP contribution in [0.25, 0.3) is 11.1 Å². The van der Waals surface area contributed by atoms with Crippen LogP contribution in [0.5, 0.6) is 5.75 Å². The molecule has 1 heterocycles. The summed E-state index contributed by atoms with van der Waals surface area (Å²) >= 11 is 0. The third-order valence-electron chi connectivity index (χ3n) is 3.70. The van der Waals surface area contributed by atoms with Gasteiger partial charge in [-0.25, -0.2) is 4.79 Å². The highest BCUT2D eigenvalue weighted by Crippen LogP contribution is 2.33. The number of anilines is 1. The standard InChI is InChI=1S/C18H18N2O3/c1-3-23-18(21)16-11-13-10-12(8-9-15(13)19-20-16)14-6-4-5-7-17(14)22-2/h4-10,19H,3,11H2,1-2H3. The molecule has 0 aliphatic carbocycles. The fourth-order valence-corrected chi connectivity index (χ4v) is 2.58. The van der Waals surface area contributed by atoms with Crippen LogP contribution >= 0.6 is 0 Å². The maximum Gasteiger partial charge on any atom is 0.354 e. The number of esters is 1. The SMILES string of the molecule is CCOC(=O)C1=NNc2ccc(-c3ccccc3OC)cc2C1. The van der Waals surface area contributed by atoms with Crippen molar-refractivity contribution < 1.29 is 14.3 Å². The first-order valence-corrected chi connectivity index (χ1v) is 7.49. The number of carbonyl (C=O) groups is 1. The quantitative estimate of drug-likeness (QED) is 0.881. The maximum atomic E-state index is 11.9. The second kappa shape index (κ2) is 6.52. The van der Waals surface area contributed by atoms with Gasteiger partial charge in [0.05, 0.1) is 19.4 Å². The first kappa shape index (κ1) is 15.1. The van der Waals surface area contributed by atoms with E-state index in [0.29, 0.717) is 18.7 Å². The number of methoxy groups -OCH3 is 1. The van der Waals surface area contributed by atoms with Crippen molar-refractivity contribution in [3.05, 3.63) is 48.0 Å². The highest BCUT2D eigenvalue weighted by molar-refractivity contribution is 6.37. The number of hydrogen-bond donors (Lipinski definition) is 1. The number of ether oxygens (including phenoxy) is 2. The van der Waals surface area contributed by atoms with Crippen molar-refractivity contribution in [2.75, 3.05) is 19.1 Å². The summed E-state index contributed by atoms with van der Waals surface area (Å²) in [5, 5.41) is 4.09. The van der Waals surface area contributed by atoms with Crippen molar-refractivity contribution in [3.63, 3.8) is 0 Å². The maximum absolute atomic E-state index is 11.9. The summed E-state index contributed by atoms with van der Waals surface area (Å²) in [6, 6.07) is 13.9. The van der Waals surface area contributed by atoms with Crippen LogP contribution in [-0.2, 0) is 16.0 Å². The Morgan fingerprint density at radius 2 is 2.09 bits per heavy atom. The summed E-state index contributed by atoms with van der Waals surface area (Å²) in [5.74, 6) is 0.434. The van der Waals surface area contributed by atoms with E-state index in [2.05, 4.69) is 10.5 Å². The molecule has 0 radical (unpaired) electrons. The fourth-order valence-electron chi connectivity index (χ4n) is 2.58. The number of nitrogens with zero attached hydrogens (tertiary/aromatic N) is 1. The van der Waals surface area contributed by atoms with Crippen LogP contribution in [0.2, 0.25) is 0 Å². The van der Waals surface area contributed by atoms with Crippen LogP contribution in [0.3, 0.4) is 0 Å². The predicted octanol–water partition coefficient (Wildman–Crippen LogP) is 3.25. The monoisotopic (exact) mass is 310 g/mol. The first-order chi connectivity index (χ1) is 11.2.